The summed E-state index contributed by atoms with van der Waals surface area (Å²) >= 11 is 0. The molecule has 0 spiro atoms. The van der Waals surface area contributed by atoms with Gasteiger partial charge >= 0.3 is 6.03 Å². The number of benzene rings is 2. The number of nitrogens with zero attached hydrogens (tertiary/aromatic N) is 1. The molecule has 0 heterocycles. The van der Waals surface area contributed by atoms with Crippen molar-refractivity contribution in [2.24, 2.45) is 5.73 Å². The average molecular weight is 276 g/mol. The Labute approximate surface area is 113 Å². The maximum absolute atomic E-state index is 11.6. The summed E-state index contributed by atoms with van der Waals surface area (Å²) in [7, 11) is 0. The summed E-state index contributed by atoms with van der Waals surface area (Å²) in [5, 5.41) is 38.2. The molecule has 0 aliphatic heterocycles. The molecular formula is C13H12N2O5. The second-order valence-electron chi connectivity index (χ2n) is 4.02. The zero-order valence-corrected chi connectivity index (χ0v) is 10.2. The number of carbonyl (C=O) groups is 1. The predicted molar refractivity (Wildman–Crippen MR) is 71.3 cm³/mol. The van der Waals surface area contributed by atoms with Gasteiger partial charge in [0.05, 0.1) is 11.4 Å². The van der Waals surface area contributed by atoms with Gasteiger partial charge in [-0.1, -0.05) is 0 Å². The lowest BCUT2D eigenvalue weighted by Gasteiger charge is -2.22. The number of hydrogen-bond donors (Lipinski definition) is 5. The number of carbonyl (C=O) groups excluding carboxylic acids is 1. The van der Waals surface area contributed by atoms with Crippen molar-refractivity contribution in [1.82, 2.24) is 0 Å². The van der Waals surface area contributed by atoms with E-state index in [0.29, 0.717) is 0 Å². The van der Waals surface area contributed by atoms with Crippen molar-refractivity contribution in [3.63, 3.8) is 0 Å². The van der Waals surface area contributed by atoms with Gasteiger partial charge in [0.1, 0.15) is 23.0 Å². The number of phenolic OH excluding ortho intramolecular Hbond substituents is 4. The van der Waals surface area contributed by atoms with E-state index in [2.05, 4.69) is 0 Å². The Morgan fingerprint density at radius 3 is 2.05 bits per heavy atom. The molecule has 6 N–H and O–H groups in total. The van der Waals surface area contributed by atoms with Crippen molar-refractivity contribution in [3.8, 4) is 23.0 Å². The first kappa shape index (κ1) is 13.3. The molecule has 0 aromatic heterocycles. The molecule has 0 saturated heterocycles. The van der Waals surface area contributed by atoms with Gasteiger partial charge in [-0.25, -0.2) is 4.79 Å². The lowest BCUT2D eigenvalue weighted by atomic mass is 10.2. The molecule has 0 bridgehead atoms. The molecule has 0 aliphatic carbocycles. The first-order valence-corrected chi connectivity index (χ1v) is 5.53. The van der Waals surface area contributed by atoms with Gasteiger partial charge in [-0.15, -0.1) is 0 Å². The number of rotatable bonds is 2. The minimum absolute atomic E-state index is 0.0452. The van der Waals surface area contributed by atoms with Crippen molar-refractivity contribution in [2.75, 3.05) is 4.90 Å². The minimum atomic E-state index is -0.980. The Hall–Kier alpha value is -3.09. The largest absolute Gasteiger partial charge is 0.508 e. The molecule has 2 aromatic rings. The van der Waals surface area contributed by atoms with Gasteiger partial charge < -0.3 is 26.2 Å². The number of hydrogen-bond acceptors (Lipinski definition) is 5. The molecule has 2 amide bonds. The van der Waals surface area contributed by atoms with Crippen LogP contribution in [0.5, 0.6) is 23.0 Å². The quantitative estimate of drug-likeness (QED) is 0.534. The summed E-state index contributed by atoms with van der Waals surface area (Å²) in [5.74, 6) is -1.11. The fourth-order valence-corrected chi connectivity index (χ4v) is 1.76. The predicted octanol–water partition coefficient (Wildman–Crippen LogP) is 1.73. The van der Waals surface area contributed by atoms with Gasteiger partial charge in [-0.2, -0.15) is 0 Å². The Morgan fingerprint density at radius 2 is 1.45 bits per heavy atom. The van der Waals surface area contributed by atoms with Gasteiger partial charge in [0.15, 0.2) is 0 Å². The highest BCUT2D eigenvalue weighted by Crippen LogP contribution is 2.40. The summed E-state index contributed by atoms with van der Waals surface area (Å²) in [4.78, 5) is 12.4. The standard InChI is InChI=1S/C13H12N2O5/c14-13(20)15(9-3-1-8(17)6-12(9)19)10-5-7(16)2-4-11(10)18/h1-6,16-19H,(H2,14,20). The number of urea groups is 1. The summed E-state index contributed by atoms with van der Waals surface area (Å²) in [6.45, 7) is 0. The van der Waals surface area contributed by atoms with Gasteiger partial charge in [0, 0.05) is 12.1 Å². The molecule has 2 rings (SSSR count). The van der Waals surface area contributed by atoms with Crippen LogP contribution in [0.1, 0.15) is 0 Å². The van der Waals surface area contributed by atoms with E-state index in [-0.39, 0.29) is 28.6 Å². The molecule has 0 fully saturated rings. The third-order valence-corrected chi connectivity index (χ3v) is 2.62. The second kappa shape index (κ2) is 4.88. The number of aromatic hydroxyl groups is 4. The van der Waals surface area contributed by atoms with Crippen LogP contribution in [-0.2, 0) is 0 Å². The van der Waals surface area contributed by atoms with E-state index in [1.54, 1.807) is 0 Å². The maximum Gasteiger partial charge on any atom is 0.324 e. The highest BCUT2D eigenvalue weighted by Gasteiger charge is 2.22. The van der Waals surface area contributed by atoms with E-state index in [0.717, 1.165) is 17.0 Å². The molecule has 7 heteroatoms. The summed E-state index contributed by atoms with van der Waals surface area (Å²) in [6, 6.07) is 6.06. The van der Waals surface area contributed by atoms with Crippen molar-refractivity contribution in [2.45, 2.75) is 0 Å². The molecule has 2 aromatic carbocycles. The molecule has 0 aliphatic rings. The Morgan fingerprint density at radius 1 is 0.850 bits per heavy atom. The first-order valence-electron chi connectivity index (χ1n) is 5.53. The van der Waals surface area contributed by atoms with E-state index in [1.807, 2.05) is 0 Å². The number of phenols is 4. The average Bonchev–Trinajstić information content (AvgIpc) is 2.36. The lowest BCUT2D eigenvalue weighted by molar-refractivity contribution is 0.255. The van der Waals surface area contributed by atoms with Gasteiger partial charge in [0.25, 0.3) is 0 Å². The van der Waals surface area contributed by atoms with E-state index in [9.17, 15) is 25.2 Å². The van der Waals surface area contributed by atoms with Crippen molar-refractivity contribution in [3.05, 3.63) is 36.4 Å². The highest BCUT2D eigenvalue weighted by molar-refractivity contribution is 6.01. The highest BCUT2D eigenvalue weighted by atomic mass is 16.3. The van der Waals surface area contributed by atoms with E-state index in [4.69, 9.17) is 5.73 Å². The lowest BCUT2D eigenvalue weighted by Crippen LogP contribution is -2.31. The van der Waals surface area contributed by atoms with Gasteiger partial charge in [-0.3, -0.25) is 4.90 Å². The van der Waals surface area contributed by atoms with Gasteiger partial charge in [-0.05, 0) is 24.3 Å². The topological polar surface area (TPSA) is 127 Å². The van der Waals surface area contributed by atoms with Crippen LogP contribution in [0, 0.1) is 0 Å². The molecule has 20 heavy (non-hydrogen) atoms. The van der Waals surface area contributed by atoms with Crippen LogP contribution < -0.4 is 10.6 Å². The number of amides is 2. The maximum atomic E-state index is 11.6. The smallest absolute Gasteiger partial charge is 0.324 e. The van der Waals surface area contributed by atoms with Crippen LogP contribution in [0.4, 0.5) is 16.2 Å². The van der Waals surface area contributed by atoms with E-state index >= 15 is 0 Å². The minimum Gasteiger partial charge on any atom is -0.508 e. The third kappa shape index (κ3) is 2.37. The Balaban J connectivity index is 2.62. The number of primary amides is 1. The molecule has 0 saturated carbocycles. The van der Waals surface area contributed by atoms with Crippen molar-refractivity contribution < 1.29 is 25.2 Å². The van der Waals surface area contributed by atoms with Crippen LogP contribution in [0.2, 0.25) is 0 Å². The summed E-state index contributed by atoms with van der Waals surface area (Å²) < 4.78 is 0. The molecule has 104 valence electrons. The Kier molecular flexibility index (Phi) is 3.26. The SMILES string of the molecule is NC(=O)N(c1ccc(O)cc1O)c1cc(O)ccc1O. The number of nitrogens with two attached hydrogens (primary N) is 1. The number of anilines is 2. The van der Waals surface area contributed by atoms with E-state index in [1.165, 1.54) is 24.3 Å². The second-order valence-corrected chi connectivity index (χ2v) is 4.02. The monoisotopic (exact) mass is 276 g/mol. The van der Waals surface area contributed by atoms with Crippen molar-refractivity contribution in [1.29, 1.82) is 0 Å². The molecule has 0 unspecified atom stereocenters. The van der Waals surface area contributed by atoms with Crippen LogP contribution >= 0.6 is 0 Å². The summed E-state index contributed by atoms with van der Waals surface area (Å²) in [6.07, 6.45) is 0. The van der Waals surface area contributed by atoms with Crippen LogP contribution in [0.25, 0.3) is 0 Å². The molecule has 0 radical (unpaired) electrons. The zero-order valence-electron chi connectivity index (χ0n) is 10.2. The molecule has 7 nitrogen and oxygen atoms in total. The van der Waals surface area contributed by atoms with Crippen LogP contribution in [0.15, 0.2) is 36.4 Å². The fraction of sp³-hybridized carbons (Fsp3) is 0. The summed E-state index contributed by atoms with van der Waals surface area (Å²) in [5.41, 5.74) is 5.10. The van der Waals surface area contributed by atoms with Crippen LogP contribution in [0.3, 0.4) is 0 Å². The normalized spacial score (nSPS) is 10.2. The zero-order chi connectivity index (χ0) is 14.9. The fourth-order valence-electron chi connectivity index (χ4n) is 1.76. The first-order chi connectivity index (χ1) is 9.40. The van der Waals surface area contributed by atoms with E-state index < -0.39 is 11.8 Å². The molecular weight excluding hydrogens is 264 g/mol. The van der Waals surface area contributed by atoms with Gasteiger partial charge in [0.2, 0.25) is 0 Å². The third-order valence-electron chi connectivity index (χ3n) is 2.62. The molecule has 0 atom stereocenters. The van der Waals surface area contributed by atoms with Crippen LogP contribution in [-0.4, -0.2) is 26.5 Å². The Bertz CT molecular complexity index is 672. The van der Waals surface area contributed by atoms with Crippen molar-refractivity contribution >= 4 is 17.4 Å².